The monoisotopic (exact) mass is 418 g/mol. The summed E-state index contributed by atoms with van der Waals surface area (Å²) in [5.74, 6) is 0. The Morgan fingerprint density at radius 3 is 2.52 bits per heavy atom. The Kier molecular flexibility index (Phi) is 5.58. The topological polar surface area (TPSA) is 114 Å². The second kappa shape index (κ2) is 7.26. The number of urea groups is 1. The average molecular weight is 420 g/mol. The third kappa shape index (κ3) is 4.90. The highest BCUT2D eigenvalue weighted by molar-refractivity contribution is 9.10. The first kappa shape index (κ1) is 17.7. The standard InChI is InChI=1S/C13H12BrClN4O3S/c14-10-6-17-7-11(12(10)15)19-13(20)18-5-8-1-3-9(4-2-8)23(16,21)22/h1-4,6-7H,5H2,(H2,16,21,22)(H2,18,19,20). The molecule has 4 N–H and O–H groups in total. The van der Waals surface area contributed by atoms with Gasteiger partial charge in [0.05, 0.1) is 26.3 Å². The third-order valence-electron chi connectivity index (χ3n) is 2.79. The molecule has 1 aromatic carbocycles. The second-order valence-electron chi connectivity index (χ2n) is 4.48. The molecule has 0 saturated carbocycles. The number of hydrogen-bond acceptors (Lipinski definition) is 4. The number of rotatable bonds is 4. The number of nitrogens with two attached hydrogens (primary N) is 1. The molecule has 2 aromatic rings. The van der Waals surface area contributed by atoms with Crippen LogP contribution in [-0.2, 0) is 16.6 Å². The Labute approximate surface area is 146 Å². The molecule has 0 radical (unpaired) electrons. The minimum Gasteiger partial charge on any atom is -0.334 e. The maximum Gasteiger partial charge on any atom is 0.319 e. The van der Waals surface area contributed by atoms with E-state index >= 15 is 0 Å². The largest absolute Gasteiger partial charge is 0.334 e. The Balaban J connectivity index is 1.95. The molecular weight excluding hydrogens is 408 g/mol. The zero-order valence-electron chi connectivity index (χ0n) is 11.6. The summed E-state index contributed by atoms with van der Waals surface area (Å²) in [6, 6.07) is 5.40. The number of carbonyl (C=O) groups is 1. The molecular formula is C13H12BrClN4O3S. The van der Waals surface area contributed by atoms with Crippen LogP contribution in [0.4, 0.5) is 10.5 Å². The van der Waals surface area contributed by atoms with Gasteiger partial charge in [-0.15, -0.1) is 0 Å². The van der Waals surface area contributed by atoms with Crippen LogP contribution in [0, 0.1) is 0 Å². The highest BCUT2D eigenvalue weighted by Gasteiger charge is 2.09. The first-order valence-corrected chi connectivity index (χ1v) is 8.94. The number of carbonyl (C=O) groups excluding carboxylic acids is 1. The molecule has 7 nitrogen and oxygen atoms in total. The van der Waals surface area contributed by atoms with E-state index in [2.05, 4.69) is 31.5 Å². The minimum atomic E-state index is -3.73. The van der Waals surface area contributed by atoms with E-state index in [-0.39, 0.29) is 11.4 Å². The zero-order valence-corrected chi connectivity index (χ0v) is 14.7. The summed E-state index contributed by atoms with van der Waals surface area (Å²) in [4.78, 5) is 15.8. The predicted octanol–water partition coefficient (Wildman–Crippen LogP) is 2.47. The van der Waals surface area contributed by atoms with Gasteiger partial charge >= 0.3 is 6.03 Å². The van der Waals surface area contributed by atoms with Gasteiger partial charge in [0.15, 0.2) is 0 Å². The fourth-order valence-electron chi connectivity index (χ4n) is 1.65. The van der Waals surface area contributed by atoms with Crippen molar-refractivity contribution in [3.63, 3.8) is 0 Å². The van der Waals surface area contributed by atoms with Gasteiger partial charge in [-0.2, -0.15) is 0 Å². The molecule has 2 rings (SSSR count). The Morgan fingerprint density at radius 2 is 1.91 bits per heavy atom. The summed E-state index contributed by atoms with van der Waals surface area (Å²) in [5, 5.41) is 10.5. The van der Waals surface area contributed by atoms with Crippen LogP contribution >= 0.6 is 27.5 Å². The van der Waals surface area contributed by atoms with Crippen molar-refractivity contribution < 1.29 is 13.2 Å². The van der Waals surface area contributed by atoms with E-state index in [9.17, 15) is 13.2 Å². The van der Waals surface area contributed by atoms with Crippen LogP contribution in [0.3, 0.4) is 0 Å². The quantitative estimate of drug-likeness (QED) is 0.706. The van der Waals surface area contributed by atoms with Crippen LogP contribution in [0.15, 0.2) is 46.0 Å². The number of primary sulfonamides is 1. The van der Waals surface area contributed by atoms with Crippen LogP contribution < -0.4 is 15.8 Å². The summed E-state index contributed by atoms with van der Waals surface area (Å²) >= 11 is 9.23. The molecule has 0 aliphatic rings. The van der Waals surface area contributed by atoms with Crippen molar-refractivity contribution in [1.29, 1.82) is 0 Å². The molecule has 10 heteroatoms. The summed E-state index contributed by atoms with van der Waals surface area (Å²) in [6.45, 7) is 0.204. The number of halogens is 2. The van der Waals surface area contributed by atoms with Crippen molar-refractivity contribution in [2.75, 3.05) is 5.32 Å². The average Bonchev–Trinajstić information content (AvgIpc) is 2.49. The Morgan fingerprint density at radius 1 is 1.26 bits per heavy atom. The zero-order chi connectivity index (χ0) is 17.0. The van der Waals surface area contributed by atoms with Gasteiger partial charge < -0.3 is 10.6 Å². The molecule has 2 amide bonds. The summed E-state index contributed by atoms with van der Waals surface area (Å²) in [6.07, 6.45) is 2.94. The smallest absolute Gasteiger partial charge is 0.319 e. The number of hydrogen-bond donors (Lipinski definition) is 3. The van der Waals surface area contributed by atoms with Crippen molar-refractivity contribution in [1.82, 2.24) is 10.3 Å². The first-order chi connectivity index (χ1) is 10.8. The molecule has 0 bridgehead atoms. The molecule has 0 saturated heterocycles. The fourth-order valence-corrected chi connectivity index (χ4v) is 2.64. The highest BCUT2D eigenvalue weighted by atomic mass is 79.9. The molecule has 0 atom stereocenters. The van der Waals surface area contributed by atoms with Gasteiger partial charge in [-0.1, -0.05) is 23.7 Å². The van der Waals surface area contributed by atoms with Crippen molar-refractivity contribution in [3.05, 3.63) is 51.7 Å². The van der Waals surface area contributed by atoms with Crippen molar-refractivity contribution in [2.24, 2.45) is 5.14 Å². The van der Waals surface area contributed by atoms with Crippen LogP contribution in [0.2, 0.25) is 5.02 Å². The molecule has 23 heavy (non-hydrogen) atoms. The summed E-state index contributed by atoms with van der Waals surface area (Å²) in [7, 11) is -3.73. The van der Waals surface area contributed by atoms with E-state index in [0.717, 1.165) is 0 Å². The van der Waals surface area contributed by atoms with E-state index in [4.69, 9.17) is 16.7 Å². The number of anilines is 1. The third-order valence-corrected chi connectivity index (χ3v) is 4.96. The number of sulfonamides is 1. The van der Waals surface area contributed by atoms with Gasteiger partial charge in [0.1, 0.15) is 0 Å². The molecule has 122 valence electrons. The number of nitrogens with zero attached hydrogens (tertiary/aromatic N) is 1. The molecule has 0 spiro atoms. The lowest BCUT2D eigenvalue weighted by atomic mass is 10.2. The molecule has 0 fully saturated rings. The van der Waals surface area contributed by atoms with E-state index in [1.807, 2.05) is 0 Å². The number of nitrogens with one attached hydrogen (secondary N) is 2. The van der Waals surface area contributed by atoms with Crippen LogP contribution in [-0.4, -0.2) is 19.4 Å². The van der Waals surface area contributed by atoms with E-state index in [1.165, 1.54) is 24.5 Å². The lowest BCUT2D eigenvalue weighted by Gasteiger charge is -2.09. The molecule has 0 aliphatic heterocycles. The minimum absolute atomic E-state index is 0.0118. The van der Waals surface area contributed by atoms with Gasteiger partial charge in [-0.05, 0) is 33.6 Å². The maximum atomic E-state index is 11.8. The predicted molar refractivity (Wildman–Crippen MR) is 90.6 cm³/mol. The summed E-state index contributed by atoms with van der Waals surface area (Å²) in [5.41, 5.74) is 1.08. The van der Waals surface area contributed by atoms with Gasteiger partial charge in [0.25, 0.3) is 0 Å². The molecule has 0 aliphatic carbocycles. The number of benzene rings is 1. The van der Waals surface area contributed by atoms with Gasteiger partial charge in [0, 0.05) is 12.7 Å². The SMILES string of the molecule is NS(=O)(=O)c1ccc(CNC(=O)Nc2cncc(Br)c2Cl)cc1. The van der Waals surface area contributed by atoms with Gasteiger partial charge in [0.2, 0.25) is 10.0 Å². The van der Waals surface area contributed by atoms with Gasteiger partial charge in [-0.25, -0.2) is 18.4 Å². The highest BCUT2D eigenvalue weighted by Crippen LogP contribution is 2.28. The summed E-state index contributed by atoms with van der Waals surface area (Å²) < 4.78 is 22.9. The number of amides is 2. The van der Waals surface area contributed by atoms with E-state index < -0.39 is 16.1 Å². The van der Waals surface area contributed by atoms with Crippen molar-refractivity contribution >= 4 is 49.3 Å². The van der Waals surface area contributed by atoms with Crippen LogP contribution in [0.5, 0.6) is 0 Å². The second-order valence-corrected chi connectivity index (χ2v) is 7.27. The lowest BCUT2D eigenvalue weighted by molar-refractivity contribution is 0.251. The van der Waals surface area contributed by atoms with Crippen LogP contribution in [0.25, 0.3) is 0 Å². The van der Waals surface area contributed by atoms with E-state index in [1.54, 1.807) is 12.1 Å². The number of pyridine rings is 1. The normalized spacial score (nSPS) is 11.1. The molecule has 0 unspecified atom stereocenters. The first-order valence-electron chi connectivity index (χ1n) is 6.23. The van der Waals surface area contributed by atoms with Crippen LogP contribution in [0.1, 0.15) is 5.56 Å². The fraction of sp³-hybridized carbons (Fsp3) is 0.0769. The van der Waals surface area contributed by atoms with E-state index in [0.29, 0.717) is 20.7 Å². The van der Waals surface area contributed by atoms with Crippen molar-refractivity contribution in [3.8, 4) is 0 Å². The Bertz CT molecular complexity index is 828. The Hall–Kier alpha value is -1.68. The lowest BCUT2D eigenvalue weighted by Crippen LogP contribution is -2.28. The molecule has 1 aromatic heterocycles. The van der Waals surface area contributed by atoms with Gasteiger partial charge in [-0.3, -0.25) is 4.98 Å². The maximum absolute atomic E-state index is 11.8. The number of aromatic nitrogens is 1. The molecule has 1 heterocycles. The van der Waals surface area contributed by atoms with Crippen molar-refractivity contribution in [2.45, 2.75) is 11.4 Å².